The minimum absolute atomic E-state index is 0.191. The van der Waals surface area contributed by atoms with Crippen LogP contribution in [0.15, 0.2) is 0 Å². The van der Waals surface area contributed by atoms with Gasteiger partial charge in [0.15, 0.2) is 0 Å². The standard InChI is InChI=1S/C21H32O5/c1-11-12(2)17-7-14(11)8-18(17)20(25-13(3)22)9-21(23)24-10-15-6-16-4-5-19(15)26-16/h11-12,14-20H,4-10H2,1-3H3. The van der Waals surface area contributed by atoms with Gasteiger partial charge in [-0.15, -0.1) is 0 Å². The van der Waals surface area contributed by atoms with Crippen molar-refractivity contribution in [1.82, 2.24) is 0 Å². The van der Waals surface area contributed by atoms with Crippen molar-refractivity contribution in [2.24, 2.45) is 35.5 Å². The fourth-order valence-electron chi connectivity index (χ4n) is 6.26. The number of carbonyl (C=O) groups is 2. The van der Waals surface area contributed by atoms with Crippen LogP contribution in [0.2, 0.25) is 0 Å². The van der Waals surface area contributed by atoms with Crippen LogP contribution in [-0.2, 0) is 23.8 Å². The first-order chi connectivity index (χ1) is 12.4. The zero-order chi connectivity index (χ0) is 18.4. The maximum absolute atomic E-state index is 12.5. The van der Waals surface area contributed by atoms with Crippen LogP contribution in [0.5, 0.6) is 0 Å². The van der Waals surface area contributed by atoms with Crippen LogP contribution in [0.25, 0.3) is 0 Å². The summed E-state index contributed by atoms with van der Waals surface area (Å²) in [7, 11) is 0. The molecule has 0 aromatic rings. The van der Waals surface area contributed by atoms with Crippen molar-refractivity contribution in [3.8, 4) is 0 Å². The van der Waals surface area contributed by atoms with E-state index in [-0.39, 0.29) is 30.6 Å². The maximum Gasteiger partial charge on any atom is 0.309 e. The second kappa shape index (κ2) is 7.14. The molecule has 2 saturated carbocycles. The van der Waals surface area contributed by atoms with E-state index in [1.54, 1.807) is 0 Å². The molecular weight excluding hydrogens is 332 g/mol. The highest BCUT2D eigenvalue weighted by atomic mass is 16.6. The van der Waals surface area contributed by atoms with E-state index in [0.717, 1.165) is 31.6 Å². The molecule has 5 heteroatoms. The van der Waals surface area contributed by atoms with Gasteiger partial charge >= 0.3 is 11.9 Å². The molecule has 0 aromatic carbocycles. The van der Waals surface area contributed by atoms with Crippen LogP contribution >= 0.6 is 0 Å². The minimum atomic E-state index is -0.332. The van der Waals surface area contributed by atoms with Gasteiger partial charge in [-0.1, -0.05) is 13.8 Å². The SMILES string of the molecule is CC(=O)OC(CC(=O)OCC1CC2CCC1O2)C1CC2CC1C(C)C2C. The average molecular weight is 364 g/mol. The first-order valence-corrected chi connectivity index (χ1v) is 10.4. The number of fused-ring (bicyclic) bond motifs is 4. The molecule has 146 valence electrons. The zero-order valence-electron chi connectivity index (χ0n) is 16.2. The van der Waals surface area contributed by atoms with Gasteiger partial charge in [-0.05, 0) is 61.7 Å². The third kappa shape index (κ3) is 3.39. The molecule has 9 atom stereocenters. The fourth-order valence-corrected chi connectivity index (χ4v) is 6.26. The summed E-state index contributed by atoms with van der Waals surface area (Å²) in [4.78, 5) is 24.1. The highest BCUT2D eigenvalue weighted by Gasteiger charge is 2.52. The molecule has 4 fully saturated rings. The Bertz CT molecular complexity index is 559. The summed E-state index contributed by atoms with van der Waals surface area (Å²) >= 11 is 0. The molecule has 2 aliphatic carbocycles. The summed E-state index contributed by atoms with van der Waals surface area (Å²) in [5.74, 6) is 2.75. The van der Waals surface area contributed by atoms with Crippen molar-refractivity contribution in [1.29, 1.82) is 0 Å². The lowest BCUT2D eigenvalue weighted by atomic mass is 9.73. The summed E-state index contributed by atoms with van der Waals surface area (Å²) in [6.45, 7) is 6.51. The highest BCUT2D eigenvalue weighted by Crippen LogP contribution is 2.56. The van der Waals surface area contributed by atoms with Gasteiger partial charge in [-0.2, -0.15) is 0 Å². The Labute approximate surface area is 156 Å². The normalized spacial score (nSPS) is 44.3. The van der Waals surface area contributed by atoms with E-state index in [9.17, 15) is 9.59 Å². The van der Waals surface area contributed by atoms with E-state index in [4.69, 9.17) is 14.2 Å². The topological polar surface area (TPSA) is 61.8 Å². The van der Waals surface area contributed by atoms with Gasteiger partial charge in [0, 0.05) is 12.8 Å². The van der Waals surface area contributed by atoms with Gasteiger partial charge in [0.05, 0.1) is 25.2 Å². The minimum Gasteiger partial charge on any atom is -0.465 e. The molecule has 2 saturated heterocycles. The molecule has 0 amide bonds. The van der Waals surface area contributed by atoms with Crippen molar-refractivity contribution < 1.29 is 23.8 Å². The molecule has 5 nitrogen and oxygen atoms in total. The Morgan fingerprint density at radius 1 is 1.12 bits per heavy atom. The highest BCUT2D eigenvalue weighted by molar-refractivity contribution is 5.71. The summed E-state index contributed by atoms with van der Waals surface area (Å²) < 4.78 is 17.0. The quantitative estimate of drug-likeness (QED) is 0.677. The average Bonchev–Trinajstić information content (AvgIpc) is 3.35. The maximum atomic E-state index is 12.5. The molecule has 2 heterocycles. The second-order valence-corrected chi connectivity index (χ2v) is 9.18. The Balaban J connectivity index is 1.32. The molecule has 4 bridgehead atoms. The van der Waals surface area contributed by atoms with Gasteiger partial charge in [-0.25, -0.2) is 0 Å². The predicted octanol–water partition coefficient (Wildman–Crippen LogP) is 3.35. The third-order valence-electron chi connectivity index (χ3n) is 7.80. The number of hydrogen-bond donors (Lipinski definition) is 0. The van der Waals surface area contributed by atoms with E-state index in [2.05, 4.69) is 13.8 Å². The van der Waals surface area contributed by atoms with Crippen molar-refractivity contribution in [2.45, 2.75) is 77.6 Å². The number of rotatable bonds is 6. The van der Waals surface area contributed by atoms with Crippen LogP contribution in [0.1, 0.15) is 59.3 Å². The fraction of sp³-hybridized carbons (Fsp3) is 0.905. The van der Waals surface area contributed by atoms with Gasteiger partial charge in [-0.3, -0.25) is 9.59 Å². The number of hydrogen-bond acceptors (Lipinski definition) is 5. The molecular formula is C21H32O5. The zero-order valence-corrected chi connectivity index (χ0v) is 16.2. The monoisotopic (exact) mass is 364 g/mol. The second-order valence-electron chi connectivity index (χ2n) is 9.18. The van der Waals surface area contributed by atoms with Crippen LogP contribution in [0.3, 0.4) is 0 Å². The molecule has 0 radical (unpaired) electrons. The smallest absolute Gasteiger partial charge is 0.309 e. The molecule has 9 unspecified atom stereocenters. The van der Waals surface area contributed by atoms with Crippen LogP contribution in [-0.4, -0.2) is 36.9 Å². The van der Waals surface area contributed by atoms with Crippen molar-refractivity contribution in [3.63, 3.8) is 0 Å². The molecule has 0 aromatic heterocycles. The van der Waals surface area contributed by atoms with Crippen molar-refractivity contribution >= 4 is 11.9 Å². The van der Waals surface area contributed by atoms with E-state index < -0.39 is 0 Å². The summed E-state index contributed by atoms with van der Waals surface area (Å²) in [6.07, 6.45) is 6.02. The van der Waals surface area contributed by atoms with E-state index in [1.807, 2.05) is 0 Å². The predicted molar refractivity (Wildman–Crippen MR) is 95.2 cm³/mol. The Morgan fingerprint density at radius 2 is 1.92 bits per heavy atom. The molecule has 26 heavy (non-hydrogen) atoms. The van der Waals surface area contributed by atoms with Crippen LogP contribution < -0.4 is 0 Å². The number of carbonyl (C=O) groups excluding carboxylic acids is 2. The Hall–Kier alpha value is -1.10. The Kier molecular flexibility index (Phi) is 5.02. The number of esters is 2. The third-order valence-corrected chi connectivity index (χ3v) is 7.80. The molecule has 0 N–H and O–H groups in total. The lowest BCUT2D eigenvalue weighted by Crippen LogP contribution is -2.37. The van der Waals surface area contributed by atoms with Gasteiger partial charge in [0.1, 0.15) is 6.10 Å². The first kappa shape index (κ1) is 18.3. The van der Waals surface area contributed by atoms with E-state index >= 15 is 0 Å². The van der Waals surface area contributed by atoms with Gasteiger partial charge in [0.2, 0.25) is 0 Å². The lowest BCUT2D eigenvalue weighted by Gasteiger charge is -2.35. The van der Waals surface area contributed by atoms with Crippen LogP contribution in [0.4, 0.5) is 0 Å². The molecule has 2 aliphatic heterocycles. The molecule has 4 rings (SSSR count). The lowest BCUT2D eigenvalue weighted by molar-refractivity contribution is -0.159. The molecule has 4 aliphatic rings. The van der Waals surface area contributed by atoms with E-state index in [0.29, 0.717) is 42.3 Å². The Morgan fingerprint density at radius 3 is 2.50 bits per heavy atom. The molecule has 0 spiro atoms. The first-order valence-electron chi connectivity index (χ1n) is 10.4. The largest absolute Gasteiger partial charge is 0.465 e. The van der Waals surface area contributed by atoms with E-state index in [1.165, 1.54) is 13.3 Å². The van der Waals surface area contributed by atoms with Gasteiger partial charge < -0.3 is 14.2 Å². The number of ether oxygens (including phenoxy) is 3. The van der Waals surface area contributed by atoms with Crippen molar-refractivity contribution in [3.05, 3.63) is 0 Å². The van der Waals surface area contributed by atoms with Crippen molar-refractivity contribution in [2.75, 3.05) is 6.61 Å². The summed E-state index contributed by atoms with van der Waals surface area (Å²) in [5, 5.41) is 0. The van der Waals surface area contributed by atoms with Crippen LogP contribution in [0, 0.1) is 35.5 Å². The summed E-state index contributed by atoms with van der Waals surface area (Å²) in [5.41, 5.74) is 0. The summed E-state index contributed by atoms with van der Waals surface area (Å²) in [6, 6.07) is 0. The van der Waals surface area contributed by atoms with Gasteiger partial charge in [0.25, 0.3) is 0 Å².